The molecule has 1 aliphatic heterocycles. The number of sulfonamides is 1. The molecule has 1 aromatic carbocycles. The Morgan fingerprint density at radius 3 is 2.81 bits per heavy atom. The molecule has 144 valence electrons. The van der Waals surface area contributed by atoms with E-state index < -0.39 is 10.0 Å². The van der Waals surface area contributed by atoms with Crippen LogP contribution in [0.3, 0.4) is 0 Å². The third-order valence-electron chi connectivity index (χ3n) is 4.41. The van der Waals surface area contributed by atoms with Crippen LogP contribution in [0, 0.1) is 5.92 Å². The van der Waals surface area contributed by atoms with Crippen molar-refractivity contribution < 1.29 is 13.2 Å². The predicted octanol–water partition coefficient (Wildman–Crippen LogP) is 3.14. The number of carbonyl (C=O) groups is 1. The number of thioether (sulfide) groups is 1. The predicted molar refractivity (Wildman–Crippen MR) is 107 cm³/mol. The Morgan fingerprint density at radius 2 is 2.11 bits per heavy atom. The molecule has 27 heavy (non-hydrogen) atoms. The summed E-state index contributed by atoms with van der Waals surface area (Å²) in [5.74, 6) is 0.308. The summed E-state index contributed by atoms with van der Waals surface area (Å²) in [6.45, 7) is 4.70. The number of carbonyl (C=O) groups excluding carboxylic acids is 1. The summed E-state index contributed by atoms with van der Waals surface area (Å²) in [4.78, 5) is 14.3. The summed E-state index contributed by atoms with van der Waals surface area (Å²) in [5, 5.41) is 8.52. The molecule has 1 fully saturated rings. The van der Waals surface area contributed by atoms with Gasteiger partial charge in [-0.05, 0) is 43.0 Å². The topological polar surface area (TPSA) is 92.3 Å². The second kappa shape index (κ2) is 7.06. The number of nitrogens with zero attached hydrogens (tertiary/aromatic N) is 3. The quantitative estimate of drug-likeness (QED) is 0.716. The minimum absolute atomic E-state index is 0.149. The highest BCUT2D eigenvalue weighted by atomic mass is 32.2. The molecule has 2 heterocycles. The van der Waals surface area contributed by atoms with E-state index in [0.717, 1.165) is 28.4 Å². The summed E-state index contributed by atoms with van der Waals surface area (Å²) < 4.78 is 28.6. The van der Waals surface area contributed by atoms with Gasteiger partial charge in [0.05, 0.1) is 4.90 Å². The zero-order valence-corrected chi connectivity index (χ0v) is 17.5. The lowest BCUT2D eigenvalue weighted by molar-refractivity contribution is -0.119. The molecule has 7 nitrogen and oxygen atoms in total. The number of anilines is 2. The maximum atomic E-state index is 12.7. The normalized spacial score (nSPS) is 16.6. The summed E-state index contributed by atoms with van der Waals surface area (Å²) >= 11 is 2.76. The number of benzene rings is 1. The largest absolute Gasteiger partial charge is 0.312 e. The van der Waals surface area contributed by atoms with Crippen LogP contribution >= 0.6 is 23.1 Å². The van der Waals surface area contributed by atoms with Gasteiger partial charge >= 0.3 is 0 Å². The number of amides is 1. The van der Waals surface area contributed by atoms with Crippen molar-refractivity contribution in [3.8, 4) is 0 Å². The van der Waals surface area contributed by atoms with Crippen LogP contribution in [-0.2, 0) is 21.2 Å². The van der Waals surface area contributed by atoms with E-state index in [0.29, 0.717) is 18.2 Å². The fraction of sp³-hybridized carbons (Fsp3) is 0.471. The first-order valence-electron chi connectivity index (χ1n) is 8.81. The molecule has 0 saturated heterocycles. The fourth-order valence-electron chi connectivity index (χ4n) is 3.00. The van der Waals surface area contributed by atoms with E-state index in [1.165, 1.54) is 11.3 Å². The first-order chi connectivity index (χ1) is 12.8. The first-order valence-corrected chi connectivity index (χ1v) is 12.0. The van der Waals surface area contributed by atoms with Crippen LogP contribution in [0.2, 0.25) is 0 Å². The van der Waals surface area contributed by atoms with Gasteiger partial charge in [0.25, 0.3) is 10.0 Å². The molecule has 2 aromatic rings. The highest BCUT2D eigenvalue weighted by Crippen LogP contribution is 2.37. The molecule has 1 amide bonds. The smallest absolute Gasteiger partial charge is 0.263 e. The lowest BCUT2D eigenvalue weighted by atomic mass is 10.2. The molecule has 0 spiro atoms. The first kappa shape index (κ1) is 18.7. The average Bonchev–Trinajstić information content (AvgIpc) is 3.24. The molecule has 2 aliphatic rings. The summed E-state index contributed by atoms with van der Waals surface area (Å²) in [6, 6.07) is 4.93. The van der Waals surface area contributed by atoms with Crippen LogP contribution in [0.5, 0.6) is 0 Å². The van der Waals surface area contributed by atoms with Gasteiger partial charge in [-0.15, -0.1) is 10.2 Å². The Balaban J connectivity index is 1.52. The van der Waals surface area contributed by atoms with Crippen molar-refractivity contribution in [2.24, 2.45) is 5.92 Å². The fourth-order valence-corrected chi connectivity index (χ4v) is 6.25. The Kier molecular flexibility index (Phi) is 4.89. The molecule has 0 unspecified atom stereocenters. The second-order valence-electron chi connectivity index (χ2n) is 6.95. The molecule has 1 saturated carbocycles. The number of hydrogen-bond donors (Lipinski definition) is 1. The van der Waals surface area contributed by atoms with Gasteiger partial charge in [0, 0.05) is 23.4 Å². The van der Waals surface area contributed by atoms with Crippen molar-refractivity contribution in [3.05, 3.63) is 23.8 Å². The summed E-state index contributed by atoms with van der Waals surface area (Å²) in [7, 11) is -3.75. The van der Waals surface area contributed by atoms with Crippen molar-refractivity contribution in [1.29, 1.82) is 0 Å². The van der Waals surface area contributed by atoms with Crippen LogP contribution in [0.15, 0.2) is 27.4 Å². The van der Waals surface area contributed by atoms with E-state index in [9.17, 15) is 13.2 Å². The molecular weight excluding hydrogens is 404 g/mol. The number of fused-ring (bicyclic) bond motifs is 1. The Morgan fingerprint density at radius 1 is 1.33 bits per heavy atom. The molecule has 10 heteroatoms. The minimum Gasteiger partial charge on any atom is -0.312 e. The van der Waals surface area contributed by atoms with Gasteiger partial charge in [0.2, 0.25) is 11.0 Å². The van der Waals surface area contributed by atoms with Crippen molar-refractivity contribution in [2.45, 2.75) is 47.6 Å². The zero-order valence-electron chi connectivity index (χ0n) is 15.0. The van der Waals surface area contributed by atoms with Crippen molar-refractivity contribution >= 4 is 49.8 Å². The van der Waals surface area contributed by atoms with E-state index in [4.69, 9.17) is 0 Å². The second-order valence-corrected chi connectivity index (χ2v) is 11.4. The van der Waals surface area contributed by atoms with E-state index >= 15 is 0 Å². The summed E-state index contributed by atoms with van der Waals surface area (Å²) in [5.41, 5.74) is 1.72. The van der Waals surface area contributed by atoms with Gasteiger partial charge < -0.3 is 4.90 Å². The van der Waals surface area contributed by atoms with Gasteiger partial charge in [0.15, 0.2) is 4.34 Å². The van der Waals surface area contributed by atoms with Gasteiger partial charge in [-0.25, -0.2) is 8.42 Å². The van der Waals surface area contributed by atoms with Gasteiger partial charge in [-0.3, -0.25) is 9.52 Å². The van der Waals surface area contributed by atoms with Gasteiger partial charge in [-0.1, -0.05) is 36.9 Å². The molecule has 0 atom stereocenters. The molecule has 0 bridgehead atoms. The molecule has 0 radical (unpaired) electrons. The summed E-state index contributed by atoms with van der Waals surface area (Å²) in [6.07, 6.45) is 2.59. The van der Waals surface area contributed by atoms with E-state index in [1.54, 1.807) is 34.9 Å². The van der Waals surface area contributed by atoms with E-state index in [1.807, 2.05) is 13.8 Å². The maximum absolute atomic E-state index is 12.7. The highest BCUT2D eigenvalue weighted by Gasteiger charge is 2.36. The van der Waals surface area contributed by atoms with Crippen LogP contribution in [0.25, 0.3) is 0 Å². The Hall–Kier alpha value is -1.65. The Bertz CT molecular complexity index is 983. The number of rotatable bonds is 6. The van der Waals surface area contributed by atoms with Crippen LogP contribution < -0.4 is 9.62 Å². The number of nitrogens with one attached hydrogen (secondary N) is 1. The minimum atomic E-state index is -3.75. The van der Waals surface area contributed by atoms with E-state index in [2.05, 4.69) is 14.9 Å². The number of hydrogen-bond acceptors (Lipinski definition) is 7. The molecule has 1 aliphatic carbocycles. The molecule has 4 rings (SSSR count). The third-order valence-corrected chi connectivity index (χ3v) is 7.81. The standard InChI is InChI=1S/C17H20N4O3S3/c1-10(2)25-17-19-18-16(26-17)20-27(23,24)13-5-6-14-12(9-13)7-8-21(14)15(22)11-3-4-11/h5-6,9-11H,3-4,7-8H2,1-2H3,(H,18,20). The van der Waals surface area contributed by atoms with Crippen LogP contribution in [0.4, 0.5) is 10.8 Å². The Labute approximate surface area is 166 Å². The van der Waals surface area contributed by atoms with Gasteiger partial charge in [0.1, 0.15) is 0 Å². The SMILES string of the molecule is CC(C)Sc1nnc(NS(=O)(=O)c2ccc3c(c2)CCN3C(=O)C2CC2)s1. The van der Waals surface area contributed by atoms with Crippen molar-refractivity contribution in [1.82, 2.24) is 10.2 Å². The van der Waals surface area contributed by atoms with Crippen LogP contribution in [0.1, 0.15) is 32.3 Å². The maximum Gasteiger partial charge on any atom is 0.263 e. The highest BCUT2D eigenvalue weighted by molar-refractivity contribution is 8.01. The third kappa shape index (κ3) is 3.97. The van der Waals surface area contributed by atoms with Crippen molar-refractivity contribution in [2.75, 3.05) is 16.2 Å². The van der Waals surface area contributed by atoms with Crippen molar-refractivity contribution in [3.63, 3.8) is 0 Å². The zero-order chi connectivity index (χ0) is 19.2. The van der Waals surface area contributed by atoms with E-state index in [-0.39, 0.29) is 21.9 Å². The lowest BCUT2D eigenvalue weighted by Gasteiger charge is -2.17. The number of aromatic nitrogens is 2. The average molecular weight is 425 g/mol. The lowest BCUT2D eigenvalue weighted by Crippen LogP contribution is -2.30. The molecule has 1 aromatic heterocycles. The molecular formula is C17H20N4O3S3. The monoisotopic (exact) mass is 424 g/mol. The molecule has 1 N–H and O–H groups in total. The van der Waals surface area contributed by atoms with Crippen LogP contribution in [-0.4, -0.2) is 36.3 Å². The van der Waals surface area contributed by atoms with Gasteiger partial charge in [-0.2, -0.15) is 0 Å².